The molecule has 1 fully saturated rings. The number of rotatable bonds is 7. The fraction of sp³-hybridized carbons (Fsp3) is 0.381. The van der Waals surface area contributed by atoms with Crippen molar-refractivity contribution in [1.29, 1.82) is 0 Å². The summed E-state index contributed by atoms with van der Waals surface area (Å²) in [6, 6.07) is 11.7. The van der Waals surface area contributed by atoms with Gasteiger partial charge in [0.1, 0.15) is 5.82 Å². The Balaban J connectivity index is 1.40. The van der Waals surface area contributed by atoms with E-state index in [0.717, 1.165) is 39.1 Å². The van der Waals surface area contributed by atoms with Crippen molar-refractivity contribution in [3.8, 4) is 11.5 Å². The van der Waals surface area contributed by atoms with Crippen molar-refractivity contribution in [2.75, 3.05) is 51.3 Å². The van der Waals surface area contributed by atoms with Gasteiger partial charge < -0.3 is 20.1 Å². The van der Waals surface area contributed by atoms with Gasteiger partial charge in [-0.2, -0.15) is 0 Å². The number of aromatic hydroxyl groups is 1. The van der Waals surface area contributed by atoms with Gasteiger partial charge in [-0.25, -0.2) is 4.39 Å². The Kier molecular flexibility index (Phi) is 6.71. The van der Waals surface area contributed by atoms with Gasteiger partial charge in [0, 0.05) is 32.7 Å². The molecule has 0 bridgehead atoms. The van der Waals surface area contributed by atoms with Crippen LogP contribution in [0.2, 0.25) is 0 Å². The maximum Gasteiger partial charge on any atom is 0.255 e. The summed E-state index contributed by atoms with van der Waals surface area (Å²) in [5.41, 5.74) is 0.866. The quantitative estimate of drug-likeness (QED) is 0.715. The Morgan fingerprint density at radius 1 is 1.14 bits per heavy atom. The molecule has 2 aromatic rings. The molecule has 2 N–H and O–H groups in total. The average molecular weight is 387 g/mol. The third-order valence-electron chi connectivity index (χ3n) is 4.97. The Labute approximate surface area is 164 Å². The molecule has 1 aliphatic heterocycles. The molecule has 150 valence electrons. The number of piperazine rings is 1. The van der Waals surface area contributed by atoms with Crippen LogP contribution in [0, 0.1) is 5.82 Å². The third-order valence-corrected chi connectivity index (χ3v) is 4.97. The second kappa shape index (κ2) is 9.41. The minimum atomic E-state index is -0.319. The molecule has 6 nitrogen and oxygen atoms in total. The first-order valence-corrected chi connectivity index (χ1v) is 9.46. The number of hydrogen-bond acceptors (Lipinski definition) is 5. The van der Waals surface area contributed by atoms with Gasteiger partial charge in [-0.3, -0.25) is 9.69 Å². The summed E-state index contributed by atoms with van der Waals surface area (Å²) in [4.78, 5) is 16.6. The number of carbonyl (C=O) groups is 1. The molecule has 0 aromatic heterocycles. The van der Waals surface area contributed by atoms with Crippen LogP contribution in [0.25, 0.3) is 0 Å². The zero-order chi connectivity index (χ0) is 19.9. The predicted molar refractivity (Wildman–Crippen MR) is 107 cm³/mol. The Morgan fingerprint density at radius 2 is 1.89 bits per heavy atom. The topological polar surface area (TPSA) is 65.0 Å². The first-order valence-electron chi connectivity index (χ1n) is 9.46. The molecule has 1 amide bonds. The summed E-state index contributed by atoms with van der Waals surface area (Å²) in [6.45, 7) is 4.66. The van der Waals surface area contributed by atoms with E-state index in [1.807, 2.05) is 12.1 Å². The van der Waals surface area contributed by atoms with Crippen molar-refractivity contribution >= 4 is 11.6 Å². The Bertz CT molecular complexity index is 807. The van der Waals surface area contributed by atoms with Gasteiger partial charge in [0.15, 0.2) is 11.5 Å². The van der Waals surface area contributed by atoms with Gasteiger partial charge in [-0.05, 0) is 37.2 Å². The number of methoxy groups -OCH3 is 1. The number of amides is 1. The summed E-state index contributed by atoms with van der Waals surface area (Å²) in [7, 11) is 1.45. The van der Waals surface area contributed by atoms with Crippen LogP contribution in [0.3, 0.4) is 0 Å². The van der Waals surface area contributed by atoms with E-state index in [4.69, 9.17) is 4.74 Å². The predicted octanol–water partition coefficient (Wildman–Crippen LogP) is 2.48. The zero-order valence-electron chi connectivity index (χ0n) is 16.0. The van der Waals surface area contributed by atoms with Crippen LogP contribution < -0.4 is 15.0 Å². The lowest BCUT2D eigenvalue weighted by molar-refractivity contribution is 0.0948. The lowest BCUT2D eigenvalue weighted by atomic mass is 10.1. The molecule has 0 saturated carbocycles. The molecule has 0 spiro atoms. The fourth-order valence-electron chi connectivity index (χ4n) is 3.39. The number of phenolic OH excluding ortho intramolecular Hbond substituents is 1. The maximum atomic E-state index is 13.9. The van der Waals surface area contributed by atoms with Crippen molar-refractivity contribution in [3.05, 3.63) is 53.8 Å². The number of nitrogens with one attached hydrogen (secondary N) is 1. The van der Waals surface area contributed by atoms with E-state index < -0.39 is 0 Å². The molecule has 0 unspecified atom stereocenters. The number of anilines is 1. The number of halogens is 1. The fourth-order valence-corrected chi connectivity index (χ4v) is 3.39. The number of nitrogens with zero attached hydrogens (tertiary/aromatic N) is 2. The van der Waals surface area contributed by atoms with Crippen LogP contribution >= 0.6 is 0 Å². The molecule has 0 atom stereocenters. The van der Waals surface area contributed by atoms with Gasteiger partial charge in [0.05, 0.1) is 18.4 Å². The summed E-state index contributed by atoms with van der Waals surface area (Å²) in [5, 5.41) is 12.9. The van der Waals surface area contributed by atoms with Crippen molar-refractivity contribution in [2.45, 2.75) is 6.42 Å². The second-order valence-electron chi connectivity index (χ2n) is 6.75. The highest BCUT2D eigenvalue weighted by Crippen LogP contribution is 2.29. The van der Waals surface area contributed by atoms with E-state index in [0.29, 0.717) is 12.2 Å². The van der Waals surface area contributed by atoms with Crippen LogP contribution in [0.1, 0.15) is 16.8 Å². The highest BCUT2D eigenvalue weighted by Gasteiger charge is 2.19. The number of ether oxygens (including phenoxy) is 1. The molecule has 1 saturated heterocycles. The number of hydrogen-bond donors (Lipinski definition) is 2. The number of phenols is 1. The first kappa shape index (κ1) is 19.9. The average Bonchev–Trinajstić information content (AvgIpc) is 2.72. The van der Waals surface area contributed by atoms with E-state index in [1.54, 1.807) is 24.3 Å². The highest BCUT2D eigenvalue weighted by atomic mass is 19.1. The van der Waals surface area contributed by atoms with Crippen LogP contribution in [-0.4, -0.2) is 62.3 Å². The maximum absolute atomic E-state index is 13.9. The van der Waals surface area contributed by atoms with Crippen LogP contribution in [-0.2, 0) is 0 Å². The number of para-hydroxylation sites is 2. The number of benzene rings is 2. The van der Waals surface area contributed by atoms with E-state index in [-0.39, 0.29) is 28.8 Å². The highest BCUT2D eigenvalue weighted by molar-refractivity contribution is 5.97. The van der Waals surface area contributed by atoms with Gasteiger partial charge in [0.2, 0.25) is 0 Å². The van der Waals surface area contributed by atoms with Gasteiger partial charge >= 0.3 is 0 Å². The minimum absolute atomic E-state index is 0.147. The van der Waals surface area contributed by atoms with E-state index >= 15 is 0 Å². The van der Waals surface area contributed by atoms with Gasteiger partial charge in [-0.1, -0.05) is 18.2 Å². The lowest BCUT2D eigenvalue weighted by Gasteiger charge is -2.36. The van der Waals surface area contributed by atoms with Crippen molar-refractivity contribution in [2.24, 2.45) is 0 Å². The van der Waals surface area contributed by atoms with Crippen molar-refractivity contribution in [3.63, 3.8) is 0 Å². The molecule has 1 heterocycles. The molecule has 2 aromatic carbocycles. The smallest absolute Gasteiger partial charge is 0.255 e. The van der Waals surface area contributed by atoms with Crippen LogP contribution in [0.15, 0.2) is 42.5 Å². The SMILES string of the molecule is COc1cccc(C(=O)NCCCN2CCN(c3ccccc3F)CC2)c1O. The molecule has 28 heavy (non-hydrogen) atoms. The molecule has 7 heteroatoms. The standard InChI is InChI=1S/C21H26FN3O3/c1-28-19-9-4-6-16(20(19)26)21(27)23-10-5-11-24-12-14-25(15-13-24)18-8-3-2-7-17(18)22/h2-4,6-9,26H,5,10-15H2,1H3,(H,23,27). The molecule has 1 aliphatic rings. The van der Waals surface area contributed by atoms with Gasteiger partial charge in [0.25, 0.3) is 5.91 Å². The normalized spacial score (nSPS) is 14.7. The monoisotopic (exact) mass is 387 g/mol. The molecular formula is C21H26FN3O3. The molecule has 3 rings (SSSR count). The zero-order valence-corrected chi connectivity index (χ0v) is 16.0. The van der Waals surface area contributed by atoms with E-state index in [9.17, 15) is 14.3 Å². The summed E-state index contributed by atoms with van der Waals surface area (Å²) in [6.07, 6.45) is 0.802. The van der Waals surface area contributed by atoms with Crippen molar-refractivity contribution < 1.29 is 19.0 Å². The van der Waals surface area contributed by atoms with Gasteiger partial charge in [-0.15, -0.1) is 0 Å². The van der Waals surface area contributed by atoms with Crippen molar-refractivity contribution in [1.82, 2.24) is 10.2 Å². The summed E-state index contributed by atoms with van der Waals surface area (Å²) >= 11 is 0. The lowest BCUT2D eigenvalue weighted by Crippen LogP contribution is -2.47. The summed E-state index contributed by atoms with van der Waals surface area (Å²) < 4.78 is 18.9. The molecular weight excluding hydrogens is 361 g/mol. The Morgan fingerprint density at radius 3 is 2.61 bits per heavy atom. The molecule has 0 radical (unpaired) electrons. The Hall–Kier alpha value is -2.80. The van der Waals surface area contributed by atoms with E-state index in [1.165, 1.54) is 13.2 Å². The molecule has 0 aliphatic carbocycles. The summed E-state index contributed by atoms with van der Waals surface area (Å²) in [5.74, 6) is -0.368. The van der Waals surface area contributed by atoms with E-state index in [2.05, 4.69) is 15.1 Å². The third kappa shape index (κ3) is 4.72. The largest absolute Gasteiger partial charge is 0.504 e. The van der Waals surface area contributed by atoms with Crippen LogP contribution in [0.5, 0.6) is 11.5 Å². The first-order chi connectivity index (χ1) is 13.6. The number of carbonyl (C=O) groups excluding carboxylic acids is 1. The van der Waals surface area contributed by atoms with Crippen LogP contribution in [0.4, 0.5) is 10.1 Å². The second-order valence-corrected chi connectivity index (χ2v) is 6.75. The minimum Gasteiger partial charge on any atom is -0.504 e.